The van der Waals surface area contributed by atoms with Crippen LogP contribution in [0.4, 0.5) is 0 Å². The van der Waals surface area contributed by atoms with E-state index in [-0.39, 0.29) is 56.9 Å². The zero-order chi connectivity index (χ0) is 52.2. The van der Waals surface area contributed by atoms with Crippen molar-refractivity contribution in [1.82, 2.24) is 46.8 Å². The van der Waals surface area contributed by atoms with Gasteiger partial charge in [-0.1, -0.05) is 66.5 Å². The minimum Gasteiger partial charge on any atom is -0.508 e. The van der Waals surface area contributed by atoms with Gasteiger partial charge < -0.3 is 74.3 Å². The topological polar surface area (TPSA) is 392 Å². The molecule has 24 heteroatoms. The molecule has 2 heterocycles. The second kappa shape index (κ2) is 28.0. The van der Waals surface area contributed by atoms with Crippen LogP contribution >= 0.6 is 0 Å². The molecule has 1 aliphatic rings. The number of aliphatic hydroxyl groups is 1. The van der Waals surface area contributed by atoms with E-state index in [1.165, 1.54) is 29.6 Å². The van der Waals surface area contributed by atoms with Gasteiger partial charge in [-0.15, -0.1) is 0 Å². The van der Waals surface area contributed by atoms with Crippen LogP contribution in [0.25, 0.3) is 0 Å². The van der Waals surface area contributed by atoms with Crippen LogP contribution in [-0.2, 0) is 51.2 Å². The lowest BCUT2D eigenvalue weighted by molar-refractivity contribution is -0.146. The number of nitrogens with two attached hydrogens (primary N) is 3. The van der Waals surface area contributed by atoms with E-state index in [0.717, 1.165) is 0 Å². The van der Waals surface area contributed by atoms with Crippen LogP contribution < -0.4 is 49.1 Å². The number of guanidine groups is 1. The van der Waals surface area contributed by atoms with Crippen molar-refractivity contribution >= 4 is 53.3 Å². The van der Waals surface area contributed by atoms with E-state index in [0.29, 0.717) is 30.5 Å². The molecular formula is C46H73N13O11. The molecule has 7 amide bonds. The number of imidazole rings is 1. The van der Waals surface area contributed by atoms with Gasteiger partial charge >= 0.3 is 5.97 Å². The molecule has 0 aliphatic carbocycles. The number of nitrogens with one attached hydrogen (secondary N) is 7. The molecule has 3 rings (SSSR count). The number of aliphatic imine (C=N–C) groups is 1. The molecule has 0 spiro atoms. The summed E-state index contributed by atoms with van der Waals surface area (Å²) in [6.07, 6.45) is 4.42. The Bertz CT molecular complexity index is 2100. The van der Waals surface area contributed by atoms with Gasteiger partial charge in [-0.25, -0.2) is 9.78 Å². The van der Waals surface area contributed by atoms with E-state index in [4.69, 9.17) is 17.2 Å². The summed E-state index contributed by atoms with van der Waals surface area (Å²) in [6, 6.07) is -4.15. The predicted octanol–water partition coefficient (Wildman–Crippen LogP) is -1.99. The number of phenolic OH excluding ortho intramolecular Hbond substituents is 1. The monoisotopic (exact) mass is 984 g/mol. The highest BCUT2D eigenvalue weighted by Crippen LogP contribution is 2.22. The van der Waals surface area contributed by atoms with Crippen molar-refractivity contribution in [3.63, 3.8) is 0 Å². The van der Waals surface area contributed by atoms with Crippen LogP contribution in [0.2, 0.25) is 0 Å². The smallest absolute Gasteiger partial charge is 0.326 e. The van der Waals surface area contributed by atoms with Crippen LogP contribution in [0.1, 0.15) is 91.3 Å². The molecule has 0 radical (unpaired) electrons. The molecule has 1 aromatic carbocycles. The standard InChI is InChI=1S/C46H73N13O11/c1-7-25(5)36(43(67)55-33(20-28-21-50-23-52-28)44(68)59-18-10-12-34(59)41(65)58-37(45(69)70)26(6)8-2)57-40(64)32(19-27-13-15-29(61)16-14-27)54-42(66)35(24(3)4)56-39(63)31(11-9-17-51-46(48)49)53-38(62)30(47)22-60/h13-16,21,23-26,30-37,60-61H,7-12,17-20,22,47H2,1-6H3,(H,50,52)(H,53,62)(H,54,66)(H,55,67)(H,56,63)(H,57,64)(H,58,65)(H,69,70)(H4,48,49,51)/t25-,26-,30-,31-,32-,33-,34-,35-,36-,37-/m0/s1. The Morgan fingerprint density at radius 1 is 0.786 bits per heavy atom. The quantitative estimate of drug-likeness (QED) is 0.0249. The summed E-state index contributed by atoms with van der Waals surface area (Å²) < 4.78 is 0. The summed E-state index contributed by atoms with van der Waals surface area (Å²) in [7, 11) is 0. The number of rotatable bonds is 28. The minimum atomic E-state index is -1.39. The number of hydrogen-bond donors (Lipinski definition) is 13. The Balaban J connectivity index is 1.93. The van der Waals surface area contributed by atoms with Gasteiger partial charge in [0.2, 0.25) is 41.4 Å². The number of aromatic nitrogens is 2. The summed E-state index contributed by atoms with van der Waals surface area (Å²) >= 11 is 0. The molecule has 16 N–H and O–H groups in total. The molecule has 0 saturated carbocycles. The molecule has 2 aromatic rings. The second-order valence-corrected chi connectivity index (χ2v) is 18.1. The number of nitrogens with zero attached hydrogens (tertiary/aromatic N) is 3. The number of phenols is 1. The van der Waals surface area contributed by atoms with Crippen molar-refractivity contribution in [2.45, 2.75) is 141 Å². The predicted molar refractivity (Wildman–Crippen MR) is 257 cm³/mol. The summed E-state index contributed by atoms with van der Waals surface area (Å²) in [5, 5.41) is 45.3. The van der Waals surface area contributed by atoms with Gasteiger partial charge in [0.25, 0.3) is 0 Å². The second-order valence-electron chi connectivity index (χ2n) is 18.1. The number of carbonyl (C=O) groups is 8. The van der Waals surface area contributed by atoms with E-state index in [2.05, 4.69) is 46.9 Å². The SMILES string of the molecule is CC[C@H](C)[C@H](NC(=O)[C@@H]1CCCN1C(=O)[C@H](Cc1cnc[nH]1)NC(=O)[C@@H](NC(=O)[C@H](Cc1ccc(O)cc1)NC(=O)[C@@H](NC(=O)[C@H](CCCN=C(N)N)NC(=O)[C@@H](N)CO)C(C)C)[C@@H](C)CC)C(=O)O. The number of aromatic hydroxyl groups is 1. The average molecular weight is 984 g/mol. The first-order valence-electron chi connectivity index (χ1n) is 23.6. The Kier molecular flexibility index (Phi) is 23.0. The first-order valence-corrected chi connectivity index (χ1v) is 23.6. The number of benzene rings is 1. The Hall–Kier alpha value is -6.82. The van der Waals surface area contributed by atoms with E-state index in [1.54, 1.807) is 53.7 Å². The van der Waals surface area contributed by atoms with Crippen molar-refractivity contribution < 1.29 is 53.7 Å². The number of aliphatic hydroxyl groups excluding tert-OH is 1. The summed E-state index contributed by atoms with van der Waals surface area (Å²) in [6.45, 7) is 9.87. The first kappa shape index (κ1) is 57.5. The van der Waals surface area contributed by atoms with E-state index < -0.39 is 120 Å². The molecule has 388 valence electrons. The maximum absolute atomic E-state index is 14.5. The van der Waals surface area contributed by atoms with Crippen LogP contribution in [0.15, 0.2) is 41.8 Å². The minimum absolute atomic E-state index is 0.0117. The van der Waals surface area contributed by atoms with E-state index in [9.17, 15) is 53.7 Å². The van der Waals surface area contributed by atoms with Gasteiger partial charge in [-0.2, -0.15) is 0 Å². The highest BCUT2D eigenvalue weighted by Gasteiger charge is 2.41. The molecule has 0 unspecified atom stereocenters. The van der Waals surface area contributed by atoms with Gasteiger partial charge in [-0.05, 0) is 61.1 Å². The fraction of sp³-hybridized carbons (Fsp3) is 0.609. The van der Waals surface area contributed by atoms with Crippen molar-refractivity contribution in [1.29, 1.82) is 0 Å². The number of likely N-dealkylation sites (tertiary alicyclic amines) is 1. The number of aliphatic carboxylic acids is 1. The van der Waals surface area contributed by atoms with Crippen molar-refractivity contribution in [2.75, 3.05) is 19.7 Å². The third-order valence-electron chi connectivity index (χ3n) is 12.4. The maximum Gasteiger partial charge on any atom is 0.326 e. The average Bonchev–Trinajstić information content (AvgIpc) is 4.04. The van der Waals surface area contributed by atoms with Crippen LogP contribution in [0.5, 0.6) is 5.75 Å². The largest absolute Gasteiger partial charge is 0.508 e. The third-order valence-corrected chi connectivity index (χ3v) is 12.4. The number of hydrogen-bond acceptors (Lipinski definition) is 13. The molecule has 1 fully saturated rings. The number of H-pyrrole nitrogens is 1. The lowest BCUT2D eigenvalue weighted by atomic mass is 9.96. The van der Waals surface area contributed by atoms with E-state index in [1.807, 2.05) is 0 Å². The summed E-state index contributed by atoms with van der Waals surface area (Å²) in [4.78, 5) is 122. The summed E-state index contributed by atoms with van der Waals surface area (Å²) in [5.74, 6) is -8.16. The molecule has 24 nitrogen and oxygen atoms in total. The van der Waals surface area contributed by atoms with Gasteiger partial charge in [0.1, 0.15) is 54.1 Å². The normalized spacial score (nSPS) is 17.3. The highest BCUT2D eigenvalue weighted by atomic mass is 16.4. The highest BCUT2D eigenvalue weighted by molar-refractivity contribution is 5.98. The van der Waals surface area contributed by atoms with Crippen molar-refractivity contribution in [3.8, 4) is 5.75 Å². The number of carboxylic acids is 1. The number of carboxylic acid groups (broad SMARTS) is 1. The third kappa shape index (κ3) is 17.3. The van der Waals surface area contributed by atoms with Crippen LogP contribution in [-0.4, -0.2) is 151 Å². The Morgan fingerprint density at radius 2 is 1.37 bits per heavy atom. The molecule has 10 atom stereocenters. The molecule has 0 bridgehead atoms. The Labute approximate surface area is 407 Å². The summed E-state index contributed by atoms with van der Waals surface area (Å²) in [5.41, 5.74) is 17.5. The molecule has 1 aliphatic heterocycles. The molecular weight excluding hydrogens is 911 g/mol. The number of aromatic amines is 1. The zero-order valence-electron chi connectivity index (χ0n) is 40.8. The van der Waals surface area contributed by atoms with Crippen LogP contribution in [0, 0.1) is 17.8 Å². The lowest BCUT2D eigenvalue weighted by Crippen LogP contribution is -2.62. The molecule has 1 saturated heterocycles. The Morgan fingerprint density at radius 3 is 1.94 bits per heavy atom. The van der Waals surface area contributed by atoms with Gasteiger partial charge in [0.15, 0.2) is 5.96 Å². The fourth-order valence-corrected chi connectivity index (χ4v) is 7.73. The van der Waals surface area contributed by atoms with Crippen molar-refractivity contribution in [3.05, 3.63) is 48.0 Å². The molecule has 1 aromatic heterocycles. The lowest BCUT2D eigenvalue weighted by Gasteiger charge is -2.32. The first-order chi connectivity index (χ1) is 33.1. The van der Waals surface area contributed by atoms with Crippen LogP contribution in [0.3, 0.4) is 0 Å². The number of amides is 7. The zero-order valence-corrected chi connectivity index (χ0v) is 40.8. The van der Waals surface area contributed by atoms with E-state index >= 15 is 0 Å². The van der Waals surface area contributed by atoms with Gasteiger partial charge in [0.05, 0.1) is 12.9 Å². The fourth-order valence-electron chi connectivity index (χ4n) is 7.73. The van der Waals surface area contributed by atoms with Gasteiger partial charge in [0, 0.05) is 37.8 Å². The number of carbonyl (C=O) groups excluding carboxylic acids is 7. The van der Waals surface area contributed by atoms with Gasteiger partial charge in [-0.3, -0.25) is 38.6 Å². The molecule has 70 heavy (non-hydrogen) atoms. The van der Waals surface area contributed by atoms with Crippen molar-refractivity contribution in [2.24, 2.45) is 39.9 Å². The maximum atomic E-state index is 14.5.